The normalized spacial score (nSPS) is 11.1. The fourth-order valence-electron chi connectivity index (χ4n) is 1.59. The lowest BCUT2D eigenvalue weighted by molar-refractivity contribution is 0.0451. The van der Waals surface area contributed by atoms with E-state index in [0.29, 0.717) is 24.8 Å². The first-order valence-electron chi connectivity index (χ1n) is 6.27. The molecule has 0 atom stereocenters. The maximum absolute atomic E-state index is 11.9. The largest absolute Gasteiger partial charge is 0.461 e. The summed E-state index contributed by atoms with van der Waals surface area (Å²) in [5.74, 6) is -0.104. The molecule has 0 saturated heterocycles. The van der Waals surface area contributed by atoms with Crippen LogP contribution in [0, 0.1) is 12.8 Å². The summed E-state index contributed by atoms with van der Waals surface area (Å²) in [7, 11) is 0. The molecule has 2 heterocycles. The van der Waals surface area contributed by atoms with E-state index in [-0.39, 0.29) is 0 Å². The summed E-state index contributed by atoms with van der Waals surface area (Å²) in [6, 6.07) is 2.03. The molecule has 0 aliphatic heterocycles. The molecule has 7 heteroatoms. The van der Waals surface area contributed by atoms with Gasteiger partial charge in [0, 0.05) is 14.7 Å². The Labute approximate surface area is 130 Å². The van der Waals surface area contributed by atoms with Gasteiger partial charge in [0.2, 0.25) is 0 Å². The standard InChI is InChI=1S/C13H16BrN3O2S/c1-8(2)6-19-13(18)12-9(3)17(16-15-12)5-11-4-10(14)7-20-11/h4,7-8H,5-6H2,1-3H3. The minimum absolute atomic E-state index is 0.293. The molecule has 0 N–H and O–H groups in total. The number of ether oxygens (including phenoxy) is 1. The van der Waals surface area contributed by atoms with Gasteiger partial charge in [-0.15, -0.1) is 16.4 Å². The monoisotopic (exact) mass is 357 g/mol. The number of carbonyl (C=O) groups is 1. The summed E-state index contributed by atoms with van der Waals surface area (Å²) in [5, 5.41) is 9.97. The molecule has 108 valence electrons. The Morgan fingerprint density at radius 3 is 2.90 bits per heavy atom. The van der Waals surface area contributed by atoms with Crippen LogP contribution in [0.25, 0.3) is 0 Å². The van der Waals surface area contributed by atoms with Crippen LogP contribution in [-0.4, -0.2) is 27.6 Å². The van der Waals surface area contributed by atoms with Crippen molar-refractivity contribution in [2.45, 2.75) is 27.3 Å². The zero-order valence-corrected chi connectivity index (χ0v) is 14.0. The van der Waals surface area contributed by atoms with Crippen molar-refractivity contribution in [3.05, 3.63) is 32.2 Å². The third kappa shape index (κ3) is 3.67. The van der Waals surface area contributed by atoms with Crippen LogP contribution in [0.3, 0.4) is 0 Å². The van der Waals surface area contributed by atoms with Crippen molar-refractivity contribution in [3.63, 3.8) is 0 Å². The van der Waals surface area contributed by atoms with Crippen molar-refractivity contribution >= 4 is 33.2 Å². The molecule has 2 aromatic rings. The fraction of sp³-hybridized carbons (Fsp3) is 0.462. The van der Waals surface area contributed by atoms with Gasteiger partial charge in [0.05, 0.1) is 18.8 Å². The first-order valence-corrected chi connectivity index (χ1v) is 7.94. The van der Waals surface area contributed by atoms with Gasteiger partial charge in [-0.1, -0.05) is 19.1 Å². The molecule has 2 aromatic heterocycles. The van der Waals surface area contributed by atoms with Gasteiger partial charge in [0.15, 0.2) is 5.69 Å². The highest BCUT2D eigenvalue weighted by Crippen LogP contribution is 2.21. The third-order valence-corrected chi connectivity index (χ3v) is 4.33. The van der Waals surface area contributed by atoms with Gasteiger partial charge in [-0.05, 0) is 34.8 Å². The Morgan fingerprint density at radius 2 is 2.30 bits per heavy atom. The molecule has 0 aliphatic carbocycles. The Kier molecular flexibility index (Phi) is 4.93. The zero-order valence-electron chi connectivity index (χ0n) is 11.6. The smallest absolute Gasteiger partial charge is 0.360 e. The zero-order chi connectivity index (χ0) is 14.7. The summed E-state index contributed by atoms with van der Waals surface area (Å²) >= 11 is 5.05. The molecule has 0 amide bonds. The molecule has 0 saturated carbocycles. The summed E-state index contributed by atoms with van der Waals surface area (Å²) in [5.41, 5.74) is 1.02. The minimum Gasteiger partial charge on any atom is -0.461 e. The number of aromatic nitrogens is 3. The Hall–Kier alpha value is -1.21. The van der Waals surface area contributed by atoms with Crippen molar-refractivity contribution in [3.8, 4) is 0 Å². The van der Waals surface area contributed by atoms with Crippen molar-refractivity contribution in [2.75, 3.05) is 6.61 Å². The highest BCUT2D eigenvalue weighted by atomic mass is 79.9. The van der Waals surface area contributed by atoms with Crippen molar-refractivity contribution in [1.29, 1.82) is 0 Å². The summed E-state index contributed by atoms with van der Waals surface area (Å²) in [4.78, 5) is 13.0. The number of hydrogen-bond acceptors (Lipinski definition) is 5. The van der Waals surface area contributed by atoms with Crippen LogP contribution in [0.15, 0.2) is 15.9 Å². The molecule has 5 nitrogen and oxygen atoms in total. The number of nitrogens with zero attached hydrogens (tertiary/aromatic N) is 3. The molecular weight excluding hydrogens is 342 g/mol. The minimum atomic E-state index is -0.408. The number of carbonyl (C=O) groups excluding carboxylic acids is 1. The highest BCUT2D eigenvalue weighted by Gasteiger charge is 2.18. The molecule has 0 spiro atoms. The van der Waals surface area contributed by atoms with E-state index in [1.807, 2.05) is 32.2 Å². The van der Waals surface area contributed by atoms with Crippen molar-refractivity contribution in [1.82, 2.24) is 15.0 Å². The predicted octanol–water partition coefficient (Wildman–Crippen LogP) is 3.27. The SMILES string of the molecule is Cc1c(C(=O)OCC(C)C)nnn1Cc1cc(Br)cs1. The second kappa shape index (κ2) is 6.49. The third-order valence-electron chi connectivity index (χ3n) is 2.65. The summed E-state index contributed by atoms with van der Waals surface area (Å²) in [6.45, 7) is 6.81. The van der Waals surface area contributed by atoms with E-state index in [4.69, 9.17) is 4.74 Å². The van der Waals surface area contributed by atoms with Crippen molar-refractivity contribution in [2.24, 2.45) is 5.92 Å². The van der Waals surface area contributed by atoms with Gasteiger partial charge in [-0.2, -0.15) is 0 Å². The number of thiophene rings is 1. The number of hydrogen-bond donors (Lipinski definition) is 0. The molecule has 0 aromatic carbocycles. The van der Waals surface area contributed by atoms with Crippen LogP contribution in [0.1, 0.15) is 34.9 Å². The first-order chi connectivity index (χ1) is 9.47. The topological polar surface area (TPSA) is 57.0 Å². The quantitative estimate of drug-likeness (QED) is 0.770. The molecule has 2 rings (SSSR count). The molecule has 0 fully saturated rings. The van der Waals surface area contributed by atoms with Crippen LogP contribution >= 0.6 is 27.3 Å². The summed E-state index contributed by atoms with van der Waals surface area (Å²) in [6.07, 6.45) is 0. The van der Waals surface area contributed by atoms with Gasteiger partial charge in [-0.3, -0.25) is 0 Å². The maximum atomic E-state index is 11.9. The van der Waals surface area contributed by atoms with Crippen LogP contribution < -0.4 is 0 Å². The molecular formula is C13H16BrN3O2S. The van der Waals surface area contributed by atoms with Crippen molar-refractivity contribution < 1.29 is 9.53 Å². The van der Waals surface area contributed by atoms with E-state index in [9.17, 15) is 4.79 Å². The predicted molar refractivity (Wildman–Crippen MR) is 81.0 cm³/mol. The van der Waals surface area contributed by atoms with E-state index >= 15 is 0 Å². The maximum Gasteiger partial charge on any atom is 0.360 e. The van der Waals surface area contributed by atoms with Gasteiger partial charge in [0.25, 0.3) is 0 Å². The fourth-order valence-corrected chi connectivity index (χ4v) is 3.03. The Balaban J connectivity index is 2.08. The van der Waals surface area contributed by atoms with Crippen LogP contribution in [0.2, 0.25) is 0 Å². The second-order valence-electron chi connectivity index (χ2n) is 4.90. The number of rotatable bonds is 5. The van der Waals surface area contributed by atoms with Crippen LogP contribution in [0.5, 0.6) is 0 Å². The molecule has 0 bridgehead atoms. The van der Waals surface area contributed by atoms with Gasteiger partial charge >= 0.3 is 5.97 Å². The number of esters is 1. The second-order valence-corrected chi connectivity index (χ2v) is 6.82. The average Bonchev–Trinajstić information content (AvgIpc) is 2.95. The van der Waals surface area contributed by atoms with E-state index in [1.54, 1.807) is 16.0 Å². The van der Waals surface area contributed by atoms with Gasteiger partial charge in [0.1, 0.15) is 0 Å². The van der Waals surface area contributed by atoms with Gasteiger partial charge in [-0.25, -0.2) is 9.48 Å². The van der Waals surface area contributed by atoms with E-state index in [1.165, 1.54) is 0 Å². The lowest BCUT2D eigenvalue weighted by Crippen LogP contribution is -2.12. The number of halogens is 1. The lowest BCUT2D eigenvalue weighted by atomic mass is 10.2. The highest BCUT2D eigenvalue weighted by molar-refractivity contribution is 9.10. The lowest BCUT2D eigenvalue weighted by Gasteiger charge is -2.06. The van der Waals surface area contributed by atoms with E-state index < -0.39 is 5.97 Å². The van der Waals surface area contributed by atoms with E-state index in [0.717, 1.165) is 15.0 Å². The van der Waals surface area contributed by atoms with E-state index in [2.05, 4.69) is 26.2 Å². The molecule has 0 aliphatic rings. The molecule has 20 heavy (non-hydrogen) atoms. The summed E-state index contributed by atoms with van der Waals surface area (Å²) < 4.78 is 7.94. The Morgan fingerprint density at radius 1 is 1.55 bits per heavy atom. The molecule has 0 radical (unpaired) electrons. The van der Waals surface area contributed by atoms with Gasteiger partial charge < -0.3 is 4.74 Å². The Bertz CT molecular complexity index is 607. The van der Waals surface area contributed by atoms with Crippen LogP contribution in [0.4, 0.5) is 0 Å². The molecule has 0 unspecified atom stereocenters. The first kappa shape index (κ1) is 15.2. The average molecular weight is 358 g/mol. The van der Waals surface area contributed by atoms with Crippen LogP contribution in [-0.2, 0) is 11.3 Å².